The maximum absolute atomic E-state index is 13.1. The van der Waals surface area contributed by atoms with Crippen molar-refractivity contribution in [1.82, 2.24) is 24.4 Å². The van der Waals surface area contributed by atoms with Gasteiger partial charge in [-0.2, -0.15) is 0 Å². The second kappa shape index (κ2) is 9.81. The van der Waals surface area contributed by atoms with Crippen molar-refractivity contribution in [2.45, 2.75) is 25.9 Å². The molecular formula is C25H31ClN6O. The van der Waals surface area contributed by atoms with Gasteiger partial charge in [-0.1, -0.05) is 35.9 Å². The summed E-state index contributed by atoms with van der Waals surface area (Å²) in [6.07, 6.45) is 1.99. The second-order valence-electron chi connectivity index (χ2n) is 9.16. The van der Waals surface area contributed by atoms with E-state index in [1.54, 1.807) is 5.01 Å². The van der Waals surface area contributed by atoms with E-state index in [9.17, 15) is 4.79 Å². The monoisotopic (exact) mass is 466 g/mol. The lowest BCUT2D eigenvalue weighted by molar-refractivity contribution is -0.139. The number of hydrogen-bond donors (Lipinski definition) is 1. The number of carbonyl (C=O) groups excluding carboxylic acids is 1. The fourth-order valence-electron chi connectivity index (χ4n) is 5.00. The van der Waals surface area contributed by atoms with Crippen LogP contribution in [0.3, 0.4) is 0 Å². The number of hydrazine groups is 1. The molecule has 2 aliphatic rings. The Kier molecular flexibility index (Phi) is 6.64. The lowest BCUT2D eigenvalue weighted by Gasteiger charge is -2.37. The number of halogens is 1. The first-order valence-corrected chi connectivity index (χ1v) is 12.1. The van der Waals surface area contributed by atoms with E-state index in [0.717, 1.165) is 87.1 Å². The molecule has 3 aromatic rings. The number of likely N-dealkylation sites (tertiary alicyclic amines) is 1. The van der Waals surface area contributed by atoms with Crippen LogP contribution in [0.15, 0.2) is 48.5 Å². The van der Waals surface area contributed by atoms with Crippen molar-refractivity contribution in [2.24, 2.45) is 11.8 Å². The van der Waals surface area contributed by atoms with Gasteiger partial charge < -0.3 is 9.47 Å². The van der Waals surface area contributed by atoms with Crippen LogP contribution < -0.4 is 5.84 Å². The summed E-state index contributed by atoms with van der Waals surface area (Å²) in [4.78, 5) is 22.5. The molecule has 0 radical (unpaired) electrons. The van der Waals surface area contributed by atoms with Gasteiger partial charge in [-0.15, -0.1) is 0 Å². The molecule has 1 atom stereocenters. The minimum absolute atomic E-state index is 0.0529. The number of hydrogen-bond acceptors (Lipinski definition) is 5. The van der Waals surface area contributed by atoms with Crippen LogP contribution in [0.25, 0.3) is 11.0 Å². The van der Waals surface area contributed by atoms with Crippen molar-refractivity contribution in [3.63, 3.8) is 0 Å². The molecule has 2 saturated heterocycles. The molecule has 1 amide bonds. The van der Waals surface area contributed by atoms with Gasteiger partial charge in [0.25, 0.3) is 0 Å². The molecule has 1 aromatic heterocycles. The Morgan fingerprint density at radius 3 is 2.55 bits per heavy atom. The van der Waals surface area contributed by atoms with Crippen molar-refractivity contribution in [1.29, 1.82) is 0 Å². The van der Waals surface area contributed by atoms with Gasteiger partial charge in [0.1, 0.15) is 5.82 Å². The predicted molar refractivity (Wildman–Crippen MR) is 131 cm³/mol. The zero-order valence-corrected chi connectivity index (χ0v) is 19.6. The molecule has 3 heterocycles. The summed E-state index contributed by atoms with van der Waals surface area (Å²) >= 11 is 6.09. The largest absolute Gasteiger partial charge is 0.340 e. The number of piperazine rings is 1. The first-order chi connectivity index (χ1) is 16.1. The number of nitrogens with two attached hydrogens (primary N) is 1. The summed E-state index contributed by atoms with van der Waals surface area (Å²) in [5.41, 5.74) is 3.33. The van der Waals surface area contributed by atoms with Gasteiger partial charge in [0.05, 0.1) is 23.5 Å². The molecule has 5 rings (SSSR count). The summed E-state index contributed by atoms with van der Waals surface area (Å²) < 4.78 is 2.30. The number of benzene rings is 2. The van der Waals surface area contributed by atoms with Crippen LogP contribution in [-0.4, -0.2) is 69.5 Å². The van der Waals surface area contributed by atoms with E-state index in [0.29, 0.717) is 0 Å². The van der Waals surface area contributed by atoms with E-state index in [1.165, 1.54) is 5.56 Å². The first-order valence-electron chi connectivity index (χ1n) is 11.8. The molecule has 2 N–H and O–H groups in total. The smallest absolute Gasteiger partial charge is 0.227 e. The molecule has 7 nitrogen and oxygen atoms in total. The molecule has 8 heteroatoms. The van der Waals surface area contributed by atoms with Gasteiger partial charge in [-0.05, 0) is 49.2 Å². The highest BCUT2D eigenvalue weighted by molar-refractivity contribution is 6.30. The van der Waals surface area contributed by atoms with Crippen LogP contribution in [0.5, 0.6) is 0 Å². The Labute approximate surface area is 199 Å². The second-order valence-corrected chi connectivity index (χ2v) is 9.60. The van der Waals surface area contributed by atoms with E-state index >= 15 is 0 Å². The van der Waals surface area contributed by atoms with E-state index in [-0.39, 0.29) is 11.8 Å². The van der Waals surface area contributed by atoms with Crippen molar-refractivity contribution in [3.8, 4) is 0 Å². The fraction of sp³-hybridized carbons (Fsp3) is 0.440. The number of amides is 1. The average Bonchev–Trinajstić information content (AvgIpc) is 3.17. The number of nitrogens with zero attached hydrogens (tertiary/aromatic N) is 5. The van der Waals surface area contributed by atoms with Crippen LogP contribution in [0, 0.1) is 5.92 Å². The Bertz CT molecular complexity index is 1110. The predicted octanol–water partition coefficient (Wildman–Crippen LogP) is 2.97. The van der Waals surface area contributed by atoms with Crippen LogP contribution in [-0.2, 0) is 17.9 Å². The fourth-order valence-corrected chi connectivity index (χ4v) is 5.12. The van der Waals surface area contributed by atoms with Gasteiger partial charge in [-0.25, -0.2) is 9.99 Å². The number of carbonyl (C=O) groups is 1. The standard InChI is InChI=1S/C25H31ClN6O/c26-21-9-7-19(8-10-21)16-32-23-6-2-1-5-22(23)28-24(32)18-29-11-3-4-20(17-29)25(33)30-12-14-31(27)15-13-30/h1-2,5-10,20H,3-4,11-18,27H2/t20-/m1/s1. The van der Waals surface area contributed by atoms with Gasteiger partial charge in [-0.3, -0.25) is 15.5 Å². The highest BCUT2D eigenvalue weighted by atomic mass is 35.5. The number of imidazole rings is 1. The first kappa shape index (κ1) is 22.3. The normalized spacial score (nSPS) is 20.4. The molecule has 0 spiro atoms. The highest BCUT2D eigenvalue weighted by Gasteiger charge is 2.31. The molecule has 2 fully saturated rings. The summed E-state index contributed by atoms with van der Waals surface area (Å²) in [5.74, 6) is 7.23. The topological polar surface area (TPSA) is 70.6 Å². The number of fused-ring (bicyclic) bond motifs is 1. The van der Waals surface area contributed by atoms with Crippen LogP contribution in [0.4, 0.5) is 0 Å². The molecule has 0 saturated carbocycles. The number of aromatic nitrogens is 2. The summed E-state index contributed by atoms with van der Waals surface area (Å²) in [6.45, 7) is 6.20. The zero-order chi connectivity index (χ0) is 22.8. The molecule has 2 aromatic carbocycles. The highest BCUT2D eigenvalue weighted by Crippen LogP contribution is 2.24. The van der Waals surface area contributed by atoms with E-state index in [1.807, 2.05) is 23.1 Å². The van der Waals surface area contributed by atoms with Crippen molar-refractivity contribution >= 4 is 28.5 Å². The SMILES string of the molecule is NN1CCN(C(=O)[C@@H]2CCCN(Cc3nc4ccccc4n3Cc3ccc(Cl)cc3)C2)CC1. The van der Waals surface area contributed by atoms with Crippen molar-refractivity contribution in [2.75, 3.05) is 39.3 Å². The summed E-state index contributed by atoms with van der Waals surface area (Å²) in [6, 6.07) is 16.3. The maximum atomic E-state index is 13.1. The molecular weight excluding hydrogens is 436 g/mol. The van der Waals surface area contributed by atoms with Crippen LogP contribution in [0.1, 0.15) is 24.2 Å². The minimum atomic E-state index is 0.0529. The summed E-state index contributed by atoms with van der Waals surface area (Å²) in [7, 11) is 0. The van der Waals surface area contributed by atoms with Gasteiger partial charge in [0.2, 0.25) is 5.91 Å². The van der Waals surface area contributed by atoms with E-state index in [2.05, 4.69) is 39.8 Å². The Morgan fingerprint density at radius 1 is 1.00 bits per heavy atom. The van der Waals surface area contributed by atoms with Gasteiger partial charge in [0.15, 0.2) is 0 Å². The Morgan fingerprint density at radius 2 is 1.76 bits per heavy atom. The Hall–Kier alpha value is -2.45. The third-order valence-corrected chi connectivity index (χ3v) is 7.09. The molecule has 2 aliphatic heterocycles. The van der Waals surface area contributed by atoms with Gasteiger partial charge in [0, 0.05) is 44.3 Å². The molecule has 33 heavy (non-hydrogen) atoms. The van der Waals surface area contributed by atoms with Crippen molar-refractivity contribution in [3.05, 3.63) is 64.9 Å². The average molecular weight is 467 g/mol. The number of piperidine rings is 1. The van der Waals surface area contributed by atoms with Gasteiger partial charge >= 0.3 is 0 Å². The van der Waals surface area contributed by atoms with Crippen molar-refractivity contribution < 1.29 is 4.79 Å². The lowest BCUT2D eigenvalue weighted by Crippen LogP contribution is -2.54. The molecule has 0 bridgehead atoms. The van der Waals surface area contributed by atoms with Crippen LogP contribution >= 0.6 is 11.6 Å². The minimum Gasteiger partial charge on any atom is -0.340 e. The summed E-state index contributed by atoms with van der Waals surface area (Å²) in [5, 5.41) is 2.54. The lowest BCUT2D eigenvalue weighted by atomic mass is 9.96. The quantitative estimate of drug-likeness (QED) is 0.585. The zero-order valence-electron chi connectivity index (χ0n) is 18.9. The maximum Gasteiger partial charge on any atom is 0.227 e. The van der Waals surface area contributed by atoms with E-state index < -0.39 is 0 Å². The molecule has 0 unspecified atom stereocenters. The molecule has 0 aliphatic carbocycles. The van der Waals surface area contributed by atoms with E-state index in [4.69, 9.17) is 22.4 Å². The van der Waals surface area contributed by atoms with Crippen LogP contribution in [0.2, 0.25) is 5.02 Å². The number of para-hydroxylation sites is 2. The number of rotatable bonds is 5. The third kappa shape index (κ3) is 5.06. The Balaban J connectivity index is 1.33. The molecule has 174 valence electrons. The third-order valence-electron chi connectivity index (χ3n) is 6.83.